The Morgan fingerprint density at radius 2 is 2.32 bits per heavy atom. The van der Waals surface area contributed by atoms with Gasteiger partial charge in [0.1, 0.15) is 10.8 Å². The van der Waals surface area contributed by atoms with Gasteiger partial charge in [-0.1, -0.05) is 11.6 Å². The number of thiazole rings is 1. The van der Waals surface area contributed by atoms with Crippen LogP contribution in [0.3, 0.4) is 0 Å². The van der Waals surface area contributed by atoms with Gasteiger partial charge in [-0.3, -0.25) is 9.69 Å². The van der Waals surface area contributed by atoms with Crippen LogP contribution in [0.2, 0.25) is 5.02 Å². The summed E-state index contributed by atoms with van der Waals surface area (Å²) in [5.41, 5.74) is 0.654. The molecule has 22 heavy (non-hydrogen) atoms. The van der Waals surface area contributed by atoms with E-state index in [0.717, 1.165) is 5.01 Å². The largest absolute Gasteiger partial charge is 0.495 e. The van der Waals surface area contributed by atoms with Crippen molar-refractivity contribution in [1.82, 2.24) is 9.88 Å². The van der Waals surface area contributed by atoms with Crippen molar-refractivity contribution >= 4 is 34.5 Å². The minimum absolute atomic E-state index is 0.0884. The van der Waals surface area contributed by atoms with Gasteiger partial charge in [-0.15, -0.1) is 11.3 Å². The highest BCUT2D eigenvalue weighted by molar-refractivity contribution is 7.09. The molecule has 0 spiro atoms. The number of halogens is 1. The first-order valence-electron chi connectivity index (χ1n) is 6.74. The number of hydrogen-bond acceptors (Lipinski definition) is 5. The number of nitrogens with one attached hydrogen (secondary N) is 1. The Hall–Kier alpha value is -1.63. The first kappa shape index (κ1) is 16.7. The number of aromatic nitrogens is 1. The van der Waals surface area contributed by atoms with Crippen LogP contribution in [0.1, 0.15) is 18.0 Å². The molecule has 1 N–H and O–H groups in total. The van der Waals surface area contributed by atoms with Crippen LogP contribution in [-0.4, -0.2) is 36.5 Å². The summed E-state index contributed by atoms with van der Waals surface area (Å²) in [5, 5.41) is 6.27. The van der Waals surface area contributed by atoms with Crippen molar-refractivity contribution in [2.45, 2.75) is 13.0 Å². The molecule has 0 aliphatic carbocycles. The van der Waals surface area contributed by atoms with E-state index in [1.807, 2.05) is 24.3 Å². The molecule has 0 bridgehead atoms. The van der Waals surface area contributed by atoms with Crippen LogP contribution in [0.15, 0.2) is 29.8 Å². The number of anilines is 1. The third-order valence-electron chi connectivity index (χ3n) is 3.30. The third-order valence-corrected chi connectivity index (χ3v) is 4.56. The maximum absolute atomic E-state index is 12.1. The Bertz CT molecular complexity index is 634. The average Bonchev–Trinajstić information content (AvgIpc) is 3.02. The Morgan fingerprint density at radius 1 is 1.55 bits per heavy atom. The molecule has 0 aliphatic heterocycles. The van der Waals surface area contributed by atoms with E-state index < -0.39 is 0 Å². The van der Waals surface area contributed by atoms with Gasteiger partial charge in [0.2, 0.25) is 5.91 Å². The number of likely N-dealkylation sites (N-methyl/N-ethyl adjacent to an activating group) is 1. The molecule has 0 saturated heterocycles. The molecule has 0 aliphatic rings. The maximum Gasteiger partial charge on any atom is 0.238 e. The summed E-state index contributed by atoms with van der Waals surface area (Å²) >= 11 is 7.55. The Kier molecular flexibility index (Phi) is 5.76. The first-order chi connectivity index (χ1) is 10.5. The second-order valence-corrected chi connectivity index (χ2v) is 6.19. The van der Waals surface area contributed by atoms with Crippen LogP contribution < -0.4 is 10.1 Å². The van der Waals surface area contributed by atoms with E-state index in [9.17, 15) is 4.79 Å². The van der Waals surface area contributed by atoms with E-state index in [0.29, 0.717) is 16.5 Å². The van der Waals surface area contributed by atoms with Crippen LogP contribution >= 0.6 is 22.9 Å². The number of benzene rings is 1. The number of carbonyl (C=O) groups is 1. The van der Waals surface area contributed by atoms with E-state index in [1.165, 1.54) is 7.11 Å². The lowest BCUT2D eigenvalue weighted by Gasteiger charge is -2.22. The lowest BCUT2D eigenvalue weighted by Crippen LogP contribution is -2.32. The quantitative estimate of drug-likeness (QED) is 0.876. The van der Waals surface area contributed by atoms with Gasteiger partial charge in [-0.25, -0.2) is 4.98 Å². The Morgan fingerprint density at radius 3 is 2.95 bits per heavy atom. The number of ether oxygens (including phenoxy) is 1. The van der Waals surface area contributed by atoms with Crippen molar-refractivity contribution in [3.8, 4) is 5.75 Å². The molecule has 1 aromatic heterocycles. The monoisotopic (exact) mass is 339 g/mol. The van der Waals surface area contributed by atoms with Crippen molar-refractivity contribution in [1.29, 1.82) is 0 Å². The topological polar surface area (TPSA) is 54.5 Å². The van der Waals surface area contributed by atoms with Crippen LogP contribution in [0, 0.1) is 0 Å². The van der Waals surface area contributed by atoms with E-state index in [1.54, 1.807) is 35.7 Å². The molecule has 0 fully saturated rings. The lowest BCUT2D eigenvalue weighted by molar-refractivity contribution is -0.117. The van der Waals surface area contributed by atoms with E-state index in [-0.39, 0.29) is 18.5 Å². The number of amides is 1. The molecule has 118 valence electrons. The fourth-order valence-corrected chi connectivity index (χ4v) is 2.89. The van der Waals surface area contributed by atoms with Gasteiger partial charge in [0.25, 0.3) is 0 Å². The summed E-state index contributed by atoms with van der Waals surface area (Å²) in [5.74, 6) is 0.430. The van der Waals surface area contributed by atoms with Crippen molar-refractivity contribution in [3.05, 3.63) is 39.8 Å². The number of nitrogens with zero attached hydrogens (tertiary/aromatic N) is 2. The number of rotatable bonds is 6. The zero-order valence-corrected chi connectivity index (χ0v) is 14.2. The van der Waals surface area contributed by atoms with E-state index in [4.69, 9.17) is 16.3 Å². The molecule has 2 aromatic rings. The van der Waals surface area contributed by atoms with Crippen LogP contribution in [0.5, 0.6) is 5.75 Å². The van der Waals surface area contributed by atoms with Crippen molar-refractivity contribution in [3.63, 3.8) is 0 Å². The normalized spacial score (nSPS) is 12.2. The molecule has 0 radical (unpaired) electrons. The minimum atomic E-state index is -0.102. The van der Waals surface area contributed by atoms with Gasteiger partial charge in [0.15, 0.2) is 0 Å². The zero-order chi connectivity index (χ0) is 16.1. The van der Waals surface area contributed by atoms with Gasteiger partial charge >= 0.3 is 0 Å². The Balaban J connectivity index is 1.95. The lowest BCUT2D eigenvalue weighted by atomic mass is 10.3. The summed E-state index contributed by atoms with van der Waals surface area (Å²) in [6, 6.07) is 5.22. The number of carbonyl (C=O) groups excluding carboxylic acids is 1. The predicted molar refractivity (Wildman–Crippen MR) is 89.8 cm³/mol. The number of hydrogen-bond donors (Lipinski definition) is 1. The molecule has 1 aromatic carbocycles. The van der Waals surface area contributed by atoms with Gasteiger partial charge in [-0.2, -0.15) is 0 Å². The van der Waals surface area contributed by atoms with Crippen LogP contribution in [0.4, 0.5) is 5.69 Å². The SMILES string of the molecule is COc1cc(NC(=O)CN(C)C(C)c2nccs2)ccc1Cl. The second-order valence-electron chi connectivity index (χ2n) is 4.86. The standard InChI is InChI=1S/C15H18ClN3O2S/c1-10(15-17-6-7-22-15)19(2)9-14(20)18-11-4-5-12(16)13(8-11)21-3/h4-8,10H,9H2,1-3H3,(H,18,20). The average molecular weight is 340 g/mol. The molecule has 1 atom stereocenters. The van der Waals surface area contributed by atoms with Gasteiger partial charge in [-0.05, 0) is 26.1 Å². The smallest absolute Gasteiger partial charge is 0.238 e. The summed E-state index contributed by atoms with van der Waals surface area (Å²) in [7, 11) is 3.43. The highest BCUT2D eigenvalue weighted by Gasteiger charge is 2.17. The highest BCUT2D eigenvalue weighted by Crippen LogP contribution is 2.27. The van der Waals surface area contributed by atoms with Crippen LogP contribution in [-0.2, 0) is 4.79 Å². The van der Waals surface area contributed by atoms with Gasteiger partial charge in [0.05, 0.1) is 24.7 Å². The number of methoxy groups -OCH3 is 1. The maximum atomic E-state index is 12.1. The summed E-state index contributed by atoms with van der Waals surface area (Å²) in [6.45, 7) is 2.29. The molecular weight excluding hydrogens is 322 g/mol. The Labute approximate surface area is 138 Å². The summed E-state index contributed by atoms with van der Waals surface area (Å²) in [4.78, 5) is 18.4. The fourth-order valence-electron chi connectivity index (χ4n) is 1.93. The fraction of sp³-hybridized carbons (Fsp3) is 0.333. The predicted octanol–water partition coefficient (Wildman–Crippen LogP) is 3.44. The highest BCUT2D eigenvalue weighted by atomic mass is 35.5. The molecule has 2 rings (SSSR count). The van der Waals surface area contributed by atoms with E-state index >= 15 is 0 Å². The second kappa shape index (κ2) is 7.58. The summed E-state index contributed by atoms with van der Waals surface area (Å²) in [6.07, 6.45) is 1.77. The molecule has 1 unspecified atom stereocenters. The first-order valence-corrected chi connectivity index (χ1v) is 8.00. The van der Waals surface area contributed by atoms with Crippen molar-refractivity contribution in [2.75, 3.05) is 26.0 Å². The summed E-state index contributed by atoms with van der Waals surface area (Å²) < 4.78 is 5.13. The van der Waals surface area contributed by atoms with Crippen LogP contribution in [0.25, 0.3) is 0 Å². The molecule has 5 nitrogen and oxygen atoms in total. The van der Waals surface area contributed by atoms with E-state index in [2.05, 4.69) is 10.3 Å². The van der Waals surface area contributed by atoms with Crippen molar-refractivity contribution in [2.24, 2.45) is 0 Å². The molecule has 0 saturated carbocycles. The van der Waals surface area contributed by atoms with Gasteiger partial charge in [0, 0.05) is 23.3 Å². The van der Waals surface area contributed by atoms with Crippen molar-refractivity contribution < 1.29 is 9.53 Å². The zero-order valence-electron chi connectivity index (χ0n) is 12.7. The third kappa shape index (κ3) is 4.19. The minimum Gasteiger partial charge on any atom is -0.495 e. The molecule has 1 amide bonds. The molecule has 1 heterocycles. The molecule has 7 heteroatoms. The van der Waals surface area contributed by atoms with Gasteiger partial charge < -0.3 is 10.1 Å². The molecular formula is C15H18ClN3O2S.